The second-order valence-electron chi connectivity index (χ2n) is 5.10. The van der Waals surface area contributed by atoms with Gasteiger partial charge >= 0.3 is 0 Å². The molecule has 2 heterocycles. The van der Waals surface area contributed by atoms with E-state index in [0.717, 1.165) is 43.4 Å². The van der Waals surface area contributed by atoms with Crippen molar-refractivity contribution in [3.63, 3.8) is 0 Å². The Bertz CT molecular complexity index is 422. The van der Waals surface area contributed by atoms with Gasteiger partial charge in [0, 0.05) is 30.8 Å². The van der Waals surface area contributed by atoms with E-state index in [1.54, 1.807) is 0 Å². The van der Waals surface area contributed by atoms with Crippen LogP contribution in [0.2, 0.25) is 0 Å². The molecule has 1 saturated heterocycles. The minimum Gasteiger partial charge on any atom is -0.490 e. The van der Waals surface area contributed by atoms with Crippen LogP contribution in [-0.4, -0.2) is 44.3 Å². The fourth-order valence-corrected chi connectivity index (χ4v) is 2.54. The summed E-state index contributed by atoms with van der Waals surface area (Å²) in [5, 5.41) is 3.56. The molecule has 4 nitrogen and oxygen atoms in total. The van der Waals surface area contributed by atoms with E-state index in [-0.39, 0.29) is 0 Å². The Morgan fingerprint density at radius 1 is 1.22 bits per heavy atom. The Balaban J connectivity index is 1.71. The molecule has 3 rings (SSSR count). The zero-order valence-electron chi connectivity index (χ0n) is 10.8. The normalized spacial score (nSPS) is 23.7. The lowest BCUT2D eigenvalue weighted by Gasteiger charge is -2.16. The molecule has 0 amide bonds. The van der Waals surface area contributed by atoms with Crippen molar-refractivity contribution in [2.75, 3.05) is 38.7 Å². The molecule has 2 aliphatic rings. The van der Waals surface area contributed by atoms with Gasteiger partial charge in [-0.25, -0.2) is 0 Å². The van der Waals surface area contributed by atoms with Gasteiger partial charge in [-0.1, -0.05) is 0 Å². The van der Waals surface area contributed by atoms with E-state index < -0.39 is 0 Å². The number of likely N-dealkylation sites (N-methyl/N-ethyl adjacent to an activating group) is 1. The highest BCUT2D eigenvalue weighted by atomic mass is 16.5. The molecule has 1 N–H and O–H groups in total. The number of ether oxygens (including phenoxy) is 2. The summed E-state index contributed by atoms with van der Waals surface area (Å²) in [4.78, 5) is 2.35. The molecule has 1 fully saturated rings. The van der Waals surface area contributed by atoms with E-state index in [1.807, 2.05) is 6.07 Å². The molecule has 1 aromatic rings. The third-order valence-electron chi connectivity index (χ3n) is 3.51. The van der Waals surface area contributed by atoms with Crippen LogP contribution >= 0.6 is 0 Å². The molecule has 0 radical (unpaired) electrons. The van der Waals surface area contributed by atoms with Crippen molar-refractivity contribution >= 4 is 5.69 Å². The van der Waals surface area contributed by atoms with Crippen LogP contribution in [0.3, 0.4) is 0 Å². The molecule has 0 bridgehead atoms. The highest BCUT2D eigenvalue weighted by Crippen LogP contribution is 2.32. The molecule has 0 spiro atoms. The van der Waals surface area contributed by atoms with Gasteiger partial charge in [-0.3, -0.25) is 0 Å². The van der Waals surface area contributed by atoms with Crippen LogP contribution in [0.4, 0.5) is 5.69 Å². The predicted molar refractivity (Wildman–Crippen MR) is 71.6 cm³/mol. The van der Waals surface area contributed by atoms with E-state index >= 15 is 0 Å². The van der Waals surface area contributed by atoms with Crippen molar-refractivity contribution in [1.82, 2.24) is 4.90 Å². The number of anilines is 1. The molecule has 0 saturated carbocycles. The lowest BCUT2D eigenvalue weighted by atomic mass is 10.2. The van der Waals surface area contributed by atoms with Crippen molar-refractivity contribution in [2.45, 2.75) is 18.9 Å². The lowest BCUT2D eigenvalue weighted by Crippen LogP contribution is -2.23. The molecule has 4 heteroatoms. The zero-order valence-corrected chi connectivity index (χ0v) is 10.8. The number of benzene rings is 1. The molecule has 1 atom stereocenters. The van der Waals surface area contributed by atoms with Gasteiger partial charge in [-0.2, -0.15) is 0 Å². The van der Waals surface area contributed by atoms with Crippen LogP contribution in [0.25, 0.3) is 0 Å². The van der Waals surface area contributed by atoms with Crippen molar-refractivity contribution in [2.24, 2.45) is 0 Å². The Morgan fingerprint density at radius 2 is 2.06 bits per heavy atom. The van der Waals surface area contributed by atoms with Gasteiger partial charge < -0.3 is 19.7 Å². The Morgan fingerprint density at radius 3 is 2.83 bits per heavy atom. The molecule has 18 heavy (non-hydrogen) atoms. The van der Waals surface area contributed by atoms with Gasteiger partial charge in [0.15, 0.2) is 11.5 Å². The van der Waals surface area contributed by atoms with Crippen molar-refractivity contribution < 1.29 is 9.47 Å². The standard InChI is InChI=1S/C14H20N2O2/c1-16-6-5-12(10-16)15-11-3-4-13-14(9-11)18-8-2-7-17-13/h3-4,9,12,15H,2,5-8,10H2,1H3. The monoisotopic (exact) mass is 248 g/mol. The van der Waals surface area contributed by atoms with Gasteiger partial charge in [-0.15, -0.1) is 0 Å². The summed E-state index contributed by atoms with van der Waals surface area (Å²) >= 11 is 0. The van der Waals surface area contributed by atoms with Gasteiger partial charge in [0.2, 0.25) is 0 Å². The summed E-state index contributed by atoms with van der Waals surface area (Å²) in [6.07, 6.45) is 2.15. The van der Waals surface area contributed by atoms with Crippen LogP contribution in [0.5, 0.6) is 11.5 Å². The molecule has 0 aromatic heterocycles. The summed E-state index contributed by atoms with van der Waals surface area (Å²) in [5.41, 5.74) is 1.12. The number of hydrogen-bond donors (Lipinski definition) is 1. The van der Waals surface area contributed by atoms with Crippen LogP contribution in [0.15, 0.2) is 18.2 Å². The quantitative estimate of drug-likeness (QED) is 0.867. The van der Waals surface area contributed by atoms with E-state index in [4.69, 9.17) is 9.47 Å². The SMILES string of the molecule is CN1CCC(Nc2ccc3c(c2)OCCCO3)C1. The highest BCUT2D eigenvalue weighted by Gasteiger charge is 2.19. The van der Waals surface area contributed by atoms with Crippen molar-refractivity contribution in [3.05, 3.63) is 18.2 Å². The van der Waals surface area contributed by atoms with E-state index in [2.05, 4.69) is 29.4 Å². The molecular weight excluding hydrogens is 228 g/mol. The van der Waals surface area contributed by atoms with Crippen molar-refractivity contribution in [1.29, 1.82) is 0 Å². The molecule has 0 aliphatic carbocycles. The van der Waals surface area contributed by atoms with Gasteiger partial charge in [0.25, 0.3) is 0 Å². The number of rotatable bonds is 2. The maximum Gasteiger partial charge on any atom is 0.163 e. The minimum absolute atomic E-state index is 0.541. The van der Waals surface area contributed by atoms with E-state index in [0.29, 0.717) is 6.04 Å². The third kappa shape index (κ3) is 2.53. The van der Waals surface area contributed by atoms with Gasteiger partial charge in [0.1, 0.15) is 0 Å². The molecule has 2 aliphatic heterocycles. The number of likely N-dealkylation sites (tertiary alicyclic amines) is 1. The number of fused-ring (bicyclic) bond motifs is 1. The molecule has 1 aromatic carbocycles. The topological polar surface area (TPSA) is 33.7 Å². The Labute approximate surface area is 108 Å². The van der Waals surface area contributed by atoms with Gasteiger partial charge in [0.05, 0.1) is 13.2 Å². The first-order valence-corrected chi connectivity index (χ1v) is 6.66. The highest BCUT2D eigenvalue weighted by molar-refractivity contribution is 5.55. The second kappa shape index (κ2) is 5.06. The lowest BCUT2D eigenvalue weighted by molar-refractivity contribution is 0.297. The first-order valence-electron chi connectivity index (χ1n) is 6.66. The fourth-order valence-electron chi connectivity index (χ4n) is 2.54. The largest absolute Gasteiger partial charge is 0.490 e. The predicted octanol–water partition coefficient (Wildman–Crippen LogP) is 1.96. The molecule has 98 valence electrons. The number of hydrogen-bond acceptors (Lipinski definition) is 4. The Hall–Kier alpha value is -1.42. The zero-order chi connectivity index (χ0) is 12.4. The average Bonchev–Trinajstić information content (AvgIpc) is 2.64. The number of nitrogens with zero attached hydrogens (tertiary/aromatic N) is 1. The van der Waals surface area contributed by atoms with Gasteiger partial charge in [-0.05, 0) is 32.1 Å². The van der Waals surface area contributed by atoms with E-state index in [9.17, 15) is 0 Å². The summed E-state index contributed by atoms with van der Waals surface area (Å²) in [6.45, 7) is 3.76. The summed E-state index contributed by atoms with van der Waals surface area (Å²) < 4.78 is 11.3. The number of nitrogens with one attached hydrogen (secondary N) is 1. The average molecular weight is 248 g/mol. The van der Waals surface area contributed by atoms with E-state index in [1.165, 1.54) is 13.0 Å². The summed E-state index contributed by atoms with van der Waals surface area (Å²) in [5.74, 6) is 1.73. The Kier molecular flexibility index (Phi) is 3.28. The molecular formula is C14H20N2O2. The maximum absolute atomic E-state index is 5.70. The second-order valence-corrected chi connectivity index (χ2v) is 5.10. The first kappa shape index (κ1) is 11.7. The maximum atomic E-state index is 5.70. The van der Waals surface area contributed by atoms with Crippen molar-refractivity contribution in [3.8, 4) is 11.5 Å². The van der Waals surface area contributed by atoms with Crippen LogP contribution < -0.4 is 14.8 Å². The van der Waals surface area contributed by atoms with Crippen LogP contribution in [0.1, 0.15) is 12.8 Å². The third-order valence-corrected chi connectivity index (χ3v) is 3.51. The summed E-state index contributed by atoms with van der Waals surface area (Å²) in [7, 11) is 2.16. The van der Waals surface area contributed by atoms with Crippen LogP contribution in [-0.2, 0) is 0 Å². The fraction of sp³-hybridized carbons (Fsp3) is 0.571. The summed E-state index contributed by atoms with van der Waals surface area (Å²) in [6, 6.07) is 6.67. The molecule has 1 unspecified atom stereocenters. The minimum atomic E-state index is 0.541. The first-order chi connectivity index (χ1) is 8.81. The smallest absolute Gasteiger partial charge is 0.163 e. The van der Waals surface area contributed by atoms with Crippen LogP contribution in [0, 0.1) is 0 Å².